The molecule has 9 nitrogen and oxygen atoms in total. The lowest BCUT2D eigenvalue weighted by Gasteiger charge is -2.04. The third-order valence-electron chi connectivity index (χ3n) is 3.09. The summed E-state index contributed by atoms with van der Waals surface area (Å²) < 4.78 is 0. The van der Waals surface area contributed by atoms with Gasteiger partial charge in [0.2, 0.25) is 16.9 Å². The number of primary amides is 1. The van der Waals surface area contributed by atoms with Crippen LogP contribution in [0.25, 0.3) is 0 Å². The Bertz CT molecular complexity index is 837. The third-order valence-corrected chi connectivity index (χ3v) is 5.02. The van der Waals surface area contributed by atoms with E-state index in [2.05, 4.69) is 29.4 Å². The van der Waals surface area contributed by atoms with Crippen molar-refractivity contribution in [2.45, 2.75) is 25.2 Å². The van der Waals surface area contributed by atoms with E-state index in [1.165, 1.54) is 23.5 Å². The van der Waals surface area contributed by atoms with E-state index in [4.69, 9.17) is 5.73 Å². The number of nitrogens with two attached hydrogens (primary N) is 1. The highest BCUT2D eigenvalue weighted by Gasteiger charge is 2.18. The van der Waals surface area contributed by atoms with E-state index in [1.807, 2.05) is 0 Å². The maximum absolute atomic E-state index is 12.0. The van der Waals surface area contributed by atoms with E-state index in [-0.39, 0.29) is 27.8 Å². The molecular weight excluding hydrogens is 378 g/mol. The standard InChI is InChI=1S/C15H17N5O4S2/c1-8(2)5-13-18-19-15(26-13)17-12(21)7-25-11-4-3-9(14(16)22)6-10(11)20(23)24/h3-4,6,8H,5,7H2,1-2H3,(H2,16,22)(H,17,19,21). The van der Waals surface area contributed by atoms with E-state index < -0.39 is 10.8 Å². The number of carbonyl (C=O) groups is 2. The van der Waals surface area contributed by atoms with Gasteiger partial charge in [-0.1, -0.05) is 25.2 Å². The molecule has 0 fully saturated rings. The molecule has 0 spiro atoms. The molecule has 0 aliphatic rings. The molecule has 0 radical (unpaired) electrons. The maximum Gasteiger partial charge on any atom is 0.283 e. The molecule has 0 aliphatic heterocycles. The molecule has 3 N–H and O–H groups in total. The number of nitrogens with one attached hydrogen (secondary N) is 1. The third kappa shape index (κ3) is 5.49. The Morgan fingerprint density at radius 3 is 2.73 bits per heavy atom. The second-order valence-electron chi connectivity index (χ2n) is 5.74. The van der Waals surface area contributed by atoms with Gasteiger partial charge in [-0.3, -0.25) is 25.0 Å². The zero-order valence-electron chi connectivity index (χ0n) is 14.1. The number of nitro groups is 1. The van der Waals surface area contributed by atoms with Gasteiger partial charge in [-0.25, -0.2) is 0 Å². The van der Waals surface area contributed by atoms with E-state index in [1.54, 1.807) is 0 Å². The molecule has 138 valence electrons. The van der Waals surface area contributed by atoms with Crippen molar-refractivity contribution in [1.29, 1.82) is 0 Å². The zero-order valence-corrected chi connectivity index (χ0v) is 15.7. The first-order valence-corrected chi connectivity index (χ1v) is 9.39. The average Bonchev–Trinajstić information content (AvgIpc) is 2.98. The Hall–Kier alpha value is -2.53. The predicted octanol–water partition coefficient (Wildman–Crippen LogP) is 2.47. The molecule has 2 aromatic rings. The van der Waals surface area contributed by atoms with Crippen LogP contribution in [0.3, 0.4) is 0 Å². The number of anilines is 1. The molecule has 1 aromatic heterocycles. The van der Waals surface area contributed by atoms with Crippen molar-refractivity contribution in [3.63, 3.8) is 0 Å². The van der Waals surface area contributed by atoms with Crippen LogP contribution < -0.4 is 11.1 Å². The number of carbonyl (C=O) groups excluding carboxylic acids is 2. The number of thioether (sulfide) groups is 1. The number of rotatable bonds is 8. The minimum atomic E-state index is -0.754. The molecule has 0 aliphatic carbocycles. The number of nitro benzene ring substituents is 1. The van der Waals surface area contributed by atoms with Gasteiger partial charge in [0.15, 0.2) is 0 Å². The molecule has 0 saturated heterocycles. The molecule has 0 unspecified atom stereocenters. The lowest BCUT2D eigenvalue weighted by Crippen LogP contribution is -2.14. The average molecular weight is 395 g/mol. The summed E-state index contributed by atoms with van der Waals surface area (Å²) in [4.78, 5) is 34.0. The number of aromatic nitrogens is 2. The van der Waals surface area contributed by atoms with Crippen LogP contribution in [0.4, 0.5) is 10.8 Å². The summed E-state index contributed by atoms with van der Waals surface area (Å²) in [7, 11) is 0. The van der Waals surface area contributed by atoms with Crippen LogP contribution in [-0.4, -0.2) is 32.7 Å². The van der Waals surface area contributed by atoms with Crippen molar-refractivity contribution in [2.75, 3.05) is 11.1 Å². The minimum Gasteiger partial charge on any atom is -0.366 e. The Kier molecular flexibility index (Phi) is 6.64. The topological polar surface area (TPSA) is 141 Å². The summed E-state index contributed by atoms with van der Waals surface area (Å²) in [6.45, 7) is 4.12. The monoisotopic (exact) mass is 395 g/mol. The fraction of sp³-hybridized carbons (Fsp3) is 0.333. The smallest absolute Gasteiger partial charge is 0.283 e. The van der Waals surface area contributed by atoms with Gasteiger partial charge in [0.05, 0.1) is 15.6 Å². The quantitative estimate of drug-likeness (QED) is 0.397. The highest BCUT2D eigenvalue weighted by atomic mass is 32.2. The van der Waals surface area contributed by atoms with Crippen molar-refractivity contribution in [3.8, 4) is 0 Å². The van der Waals surface area contributed by atoms with E-state index in [0.717, 1.165) is 29.3 Å². The number of benzene rings is 1. The van der Waals surface area contributed by atoms with Crippen LogP contribution in [0.1, 0.15) is 29.2 Å². The fourth-order valence-corrected chi connectivity index (χ4v) is 3.74. The summed E-state index contributed by atoms with van der Waals surface area (Å²) in [6.07, 6.45) is 0.778. The molecule has 26 heavy (non-hydrogen) atoms. The molecule has 1 heterocycles. The van der Waals surface area contributed by atoms with Crippen molar-refractivity contribution in [2.24, 2.45) is 11.7 Å². The van der Waals surface area contributed by atoms with Gasteiger partial charge in [-0.15, -0.1) is 22.0 Å². The molecule has 2 rings (SSSR count). The van der Waals surface area contributed by atoms with Gasteiger partial charge in [-0.2, -0.15) is 0 Å². The van der Waals surface area contributed by atoms with E-state index >= 15 is 0 Å². The summed E-state index contributed by atoms with van der Waals surface area (Å²) in [6, 6.07) is 3.89. The van der Waals surface area contributed by atoms with Gasteiger partial charge in [0, 0.05) is 18.1 Å². The largest absolute Gasteiger partial charge is 0.366 e. The summed E-state index contributed by atoms with van der Waals surface area (Å²) in [5.41, 5.74) is 4.90. The van der Waals surface area contributed by atoms with Crippen LogP contribution in [0.2, 0.25) is 0 Å². The number of amides is 2. The number of nitrogens with zero attached hydrogens (tertiary/aromatic N) is 3. The SMILES string of the molecule is CC(C)Cc1nnc(NC(=O)CSc2ccc(C(N)=O)cc2[N+](=O)[O-])s1. The van der Waals surface area contributed by atoms with Crippen LogP contribution in [-0.2, 0) is 11.2 Å². The fourth-order valence-electron chi connectivity index (χ4n) is 1.97. The predicted molar refractivity (Wildman–Crippen MR) is 99.4 cm³/mol. The van der Waals surface area contributed by atoms with Crippen LogP contribution >= 0.6 is 23.1 Å². The van der Waals surface area contributed by atoms with Crippen LogP contribution in [0, 0.1) is 16.0 Å². The van der Waals surface area contributed by atoms with Gasteiger partial charge in [0.25, 0.3) is 5.69 Å². The van der Waals surface area contributed by atoms with Crippen molar-refractivity contribution < 1.29 is 14.5 Å². The maximum atomic E-state index is 12.0. The molecule has 2 amide bonds. The lowest BCUT2D eigenvalue weighted by atomic mass is 10.1. The second kappa shape index (κ2) is 8.72. The molecular formula is C15H17N5O4S2. The first kappa shape index (κ1) is 19.8. The highest BCUT2D eigenvalue weighted by Crippen LogP contribution is 2.30. The summed E-state index contributed by atoms with van der Waals surface area (Å²) in [5.74, 6) is -0.715. The second-order valence-corrected chi connectivity index (χ2v) is 7.82. The van der Waals surface area contributed by atoms with E-state index in [9.17, 15) is 19.7 Å². The lowest BCUT2D eigenvalue weighted by molar-refractivity contribution is -0.387. The Labute approximate surface area is 157 Å². The van der Waals surface area contributed by atoms with Crippen molar-refractivity contribution >= 4 is 45.7 Å². The normalized spacial score (nSPS) is 10.7. The zero-order chi connectivity index (χ0) is 19.3. The molecule has 0 atom stereocenters. The van der Waals surface area contributed by atoms with Crippen molar-refractivity contribution in [3.05, 3.63) is 38.9 Å². The molecule has 0 saturated carbocycles. The van der Waals surface area contributed by atoms with Gasteiger partial charge >= 0.3 is 0 Å². The first-order chi connectivity index (χ1) is 12.3. The van der Waals surface area contributed by atoms with Crippen LogP contribution in [0.5, 0.6) is 0 Å². The van der Waals surface area contributed by atoms with Crippen molar-refractivity contribution in [1.82, 2.24) is 10.2 Å². The Balaban J connectivity index is 1.99. The van der Waals surface area contributed by atoms with Crippen LogP contribution in [0.15, 0.2) is 23.1 Å². The van der Waals surface area contributed by atoms with Gasteiger partial charge in [-0.05, 0) is 18.1 Å². The summed E-state index contributed by atoms with van der Waals surface area (Å²) in [5, 5.41) is 22.9. The molecule has 0 bridgehead atoms. The molecule has 11 heteroatoms. The minimum absolute atomic E-state index is 0.0389. The summed E-state index contributed by atoms with van der Waals surface area (Å²) >= 11 is 2.29. The number of hydrogen-bond donors (Lipinski definition) is 2. The van der Waals surface area contributed by atoms with Gasteiger partial charge in [0.1, 0.15) is 5.01 Å². The Morgan fingerprint density at radius 2 is 2.12 bits per heavy atom. The first-order valence-electron chi connectivity index (χ1n) is 7.59. The van der Waals surface area contributed by atoms with Gasteiger partial charge < -0.3 is 5.73 Å². The number of hydrogen-bond acceptors (Lipinski definition) is 8. The molecule has 1 aromatic carbocycles. The van der Waals surface area contributed by atoms with E-state index in [0.29, 0.717) is 11.0 Å². The Morgan fingerprint density at radius 1 is 1.38 bits per heavy atom. The highest BCUT2D eigenvalue weighted by molar-refractivity contribution is 8.00.